The summed E-state index contributed by atoms with van der Waals surface area (Å²) in [6.07, 6.45) is -1.71. The van der Waals surface area contributed by atoms with E-state index in [1.165, 1.54) is 11.3 Å². The number of ether oxygens (including phenoxy) is 1. The molecule has 1 aliphatic heterocycles. The van der Waals surface area contributed by atoms with Crippen molar-refractivity contribution in [1.82, 2.24) is 4.98 Å². The van der Waals surface area contributed by atoms with E-state index in [2.05, 4.69) is 4.98 Å². The zero-order chi connectivity index (χ0) is 13.4. The lowest BCUT2D eigenvalue weighted by Gasteiger charge is -2.14. The molecule has 0 amide bonds. The molecule has 102 valence electrons. The van der Waals surface area contributed by atoms with E-state index < -0.39 is 12.3 Å². The molecule has 3 rings (SSSR count). The second-order valence-corrected chi connectivity index (χ2v) is 5.64. The molecular weight excluding hydrogens is 270 g/mol. The minimum Gasteiger partial charge on any atom is -0.494 e. The van der Waals surface area contributed by atoms with Gasteiger partial charge in [-0.05, 0) is 18.6 Å². The van der Waals surface area contributed by atoms with E-state index in [0.717, 1.165) is 21.1 Å². The third kappa shape index (κ3) is 2.25. The SMILES string of the molecule is COc1cccc2sc(N3CCC(C(F)F)C3)nc12. The van der Waals surface area contributed by atoms with Gasteiger partial charge in [0, 0.05) is 19.0 Å². The molecule has 2 heterocycles. The molecule has 1 unspecified atom stereocenters. The lowest BCUT2D eigenvalue weighted by atomic mass is 10.1. The highest BCUT2D eigenvalue weighted by Gasteiger charge is 2.31. The minimum atomic E-state index is -2.24. The minimum absolute atomic E-state index is 0.389. The van der Waals surface area contributed by atoms with Crippen LogP contribution in [0.1, 0.15) is 6.42 Å². The Morgan fingerprint density at radius 3 is 3.00 bits per heavy atom. The zero-order valence-corrected chi connectivity index (χ0v) is 11.3. The van der Waals surface area contributed by atoms with Gasteiger partial charge in [0.25, 0.3) is 0 Å². The summed E-state index contributed by atoms with van der Waals surface area (Å²) in [5.74, 6) is 0.193. The Balaban J connectivity index is 1.90. The van der Waals surface area contributed by atoms with Crippen molar-refractivity contribution < 1.29 is 13.5 Å². The molecule has 1 aliphatic rings. The van der Waals surface area contributed by atoms with Crippen LogP contribution in [0.15, 0.2) is 18.2 Å². The van der Waals surface area contributed by atoms with Gasteiger partial charge < -0.3 is 9.64 Å². The Labute approximate surface area is 113 Å². The third-order valence-electron chi connectivity index (χ3n) is 3.44. The van der Waals surface area contributed by atoms with Crippen molar-refractivity contribution in [1.29, 1.82) is 0 Å². The molecule has 6 heteroatoms. The van der Waals surface area contributed by atoms with Crippen LogP contribution in [-0.2, 0) is 0 Å². The van der Waals surface area contributed by atoms with Gasteiger partial charge in [0.2, 0.25) is 6.43 Å². The highest BCUT2D eigenvalue weighted by Crippen LogP contribution is 2.36. The number of thiazole rings is 1. The zero-order valence-electron chi connectivity index (χ0n) is 10.5. The van der Waals surface area contributed by atoms with Gasteiger partial charge in [0.05, 0.1) is 11.8 Å². The molecule has 1 fully saturated rings. The monoisotopic (exact) mass is 284 g/mol. The fraction of sp³-hybridized carbons (Fsp3) is 0.462. The highest BCUT2D eigenvalue weighted by molar-refractivity contribution is 7.22. The summed E-state index contributed by atoms with van der Waals surface area (Å²) in [4.78, 5) is 6.48. The van der Waals surface area contributed by atoms with Gasteiger partial charge in [-0.2, -0.15) is 0 Å². The van der Waals surface area contributed by atoms with Gasteiger partial charge in [0.1, 0.15) is 11.3 Å². The van der Waals surface area contributed by atoms with Crippen molar-refractivity contribution in [2.45, 2.75) is 12.8 Å². The van der Waals surface area contributed by atoms with Gasteiger partial charge in [-0.25, -0.2) is 13.8 Å². The molecule has 1 aromatic heterocycles. The van der Waals surface area contributed by atoms with Gasteiger partial charge in [-0.1, -0.05) is 17.4 Å². The Hall–Kier alpha value is -1.43. The lowest BCUT2D eigenvalue weighted by molar-refractivity contribution is 0.0880. The van der Waals surface area contributed by atoms with Crippen LogP contribution in [0.25, 0.3) is 10.2 Å². The Bertz CT molecular complexity index is 587. The van der Waals surface area contributed by atoms with E-state index in [1.807, 2.05) is 23.1 Å². The van der Waals surface area contributed by atoms with Crippen LogP contribution in [0.2, 0.25) is 0 Å². The van der Waals surface area contributed by atoms with E-state index >= 15 is 0 Å². The Kier molecular flexibility index (Phi) is 3.26. The first-order chi connectivity index (χ1) is 9.19. The largest absolute Gasteiger partial charge is 0.494 e. The summed E-state index contributed by atoms with van der Waals surface area (Å²) in [5.41, 5.74) is 0.811. The number of nitrogens with zero attached hydrogens (tertiary/aromatic N) is 2. The topological polar surface area (TPSA) is 25.4 Å². The summed E-state index contributed by atoms with van der Waals surface area (Å²) in [6, 6.07) is 5.74. The van der Waals surface area contributed by atoms with Gasteiger partial charge in [0.15, 0.2) is 5.13 Å². The van der Waals surface area contributed by atoms with Crippen LogP contribution in [0.5, 0.6) is 5.75 Å². The number of methoxy groups -OCH3 is 1. The first-order valence-electron chi connectivity index (χ1n) is 6.15. The first kappa shape index (κ1) is 12.6. The quantitative estimate of drug-likeness (QED) is 0.864. The smallest absolute Gasteiger partial charge is 0.243 e. The number of benzene rings is 1. The fourth-order valence-corrected chi connectivity index (χ4v) is 3.40. The maximum Gasteiger partial charge on any atom is 0.243 e. The van der Waals surface area contributed by atoms with Crippen LogP contribution >= 0.6 is 11.3 Å². The number of hydrogen-bond acceptors (Lipinski definition) is 4. The summed E-state index contributed by atoms with van der Waals surface area (Å²) in [5, 5.41) is 0.808. The molecule has 1 aromatic carbocycles. The predicted molar refractivity (Wildman–Crippen MR) is 72.5 cm³/mol. The third-order valence-corrected chi connectivity index (χ3v) is 4.52. The van der Waals surface area contributed by atoms with Gasteiger partial charge in [-0.3, -0.25) is 0 Å². The Morgan fingerprint density at radius 2 is 2.32 bits per heavy atom. The number of hydrogen-bond donors (Lipinski definition) is 0. The van der Waals surface area contributed by atoms with E-state index in [-0.39, 0.29) is 0 Å². The van der Waals surface area contributed by atoms with E-state index in [4.69, 9.17) is 4.74 Å². The van der Waals surface area contributed by atoms with Gasteiger partial charge in [-0.15, -0.1) is 0 Å². The number of fused-ring (bicyclic) bond motifs is 1. The number of alkyl halides is 2. The van der Waals surface area contributed by atoms with Crippen molar-refractivity contribution in [3.8, 4) is 5.75 Å². The molecule has 1 atom stereocenters. The highest BCUT2D eigenvalue weighted by atomic mass is 32.1. The number of anilines is 1. The van der Waals surface area contributed by atoms with Crippen LogP contribution in [0.4, 0.5) is 13.9 Å². The van der Waals surface area contributed by atoms with Crippen LogP contribution < -0.4 is 9.64 Å². The standard InChI is InChI=1S/C13H14F2N2OS/c1-18-9-3-2-4-10-11(9)16-13(19-10)17-6-5-8(7-17)12(14)15/h2-4,8,12H,5-7H2,1H3. The fourth-order valence-electron chi connectivity index (χ4n) is 2.38. The van der Waals surface area contributed by atoms with Crippen molar-refractivity contribution in [3.63, 3.8) is 0 Å². The molecule has 19 heavy (non-hydrogen) atoms. The Morgan fingerprint density at radius 1 is 1.47 bits per heavy atom. The second-order valence-electron chi connectivity index (χ2n) is 4.63. The normalized spacial score (nSPS) is 19.6. The van der Waals surface area contributed by atoms with Crippen molar-refractivity contribution in [3.05, 3.63) is 18.2 Å². The number of aromatic nitrogens is 1. The van der Waals surface area contributed by atoms with E-state index in [1.54, 1.807) is 7.11 Å². The van der Waals surface area contributed by atoms with Crippen molar-refractivity contribution in [2.24, 2.45) is 5.92 Å². The lowest BCUT2D eigenvalue weighted by Crippen LogP contribution is -2.21. The molecular formula is C13H14F2N2OS. The number of rotatable bonds is 3. The molecule has 1 saturated heterocycles. The average molecular weight is 284 g/mol. The summed E-state index contributed by atoms with van der Waals surface area (Å²) < 4.78 is 31.7. The van der Waals surface area contributed by atoms with Crippen LogP contribution in [-0.4, -0.2) is 31.6 Å². The van der Waals surface area contributed by atoms with Crippen LogP contribution in [0.3, 0.4) is 0 Å². The molecule has 0 N–H and O–H groups in total. The molecule has 0 radical (unpaired) electrons. The predicted octanol–water partition coefficient (Wildman–Crippen LogP) is 3.40. The van der Waals surface area contributed by atoms with E-state index in [9.17, 15) is 8.78 Å². The molecule has 0 saturated carbocycles. The summed E-state index contributed by atoms with van der Waals surface area (Å²) >= 11 is 1.53. The summed E-state index contributed by atoms with van der Waals surface area (Å²) in [7, 11) is 1.61. The molecule has 0 spiro atoms. The van der Waals surface area contributed by atoms with Crippen molar-refractivity contribution >= 4 is 26.7 Å². The molecule has 3 nitrogen and oxygen atoms in total. The van der Waals surface area contributed by atoms with E-state index in [0.29, 0.717) is 19.5 Å². The molecule has 0 aliphatic carbocycles. The summed E-state index contributed by atoms with van der Waals surface area (Å²) in [6.45, 7) is 1.04. The maximum atomic E-state index is 12.7. The van der Waals surface area contributed by atoms with Crippen LogP contribution in [0, 0.1) is 5.92 Å². The second kappa shape index (κ2) is 4.92. The van der Waals surface area contributed by atoms with Gasteiger partial charge >= 0.3 is 0 Å². The number of halogens is 2. The molecule has 2 aromatic rings. The average Bonchev–Trinajstić information content (AvgIpc) is 3.04. The number of para-hydroxylation sites is 1. The first-order valence-corrected chi connectivity index (χ1v) is 6.97. The molecule has 0 bridgehead atoms. The van der Waals surface area contributed by atoms with Crippen molar-refractivity contribution in [2.75, 3.05) is 25.1 Å². The maximum absolute atomic E-state index is 12.7.